The Bertz CT molecular complexity index is 233. The Kier molecular flexibility index (Phi) is 6.87. The molecule has 0 aliphatic carbocycles. The van der Waals surface area contributed by atoms with Crippen LogP contribution >= 0.6 is 12.4 Å². The van der Waals surface area contributed by atoms with Crippen LogP contribution in [0.5, 0.6) is 0 Å². The first-order chi connectivity index (χ1) is 7.40. The molecule has 0 saturated carbocycles. The van der Waals surface area contributed by atoms with Gasteiger partial charge in [0.05, 0.1) is 0 Å². The molecule has 1 amide bonds. The molecule has 0 atom stereocenters. The van der Waals surface area contributed by atoms with E-state index in [4.69, 9.17) is 4.74 Å². The maximum atomic E-state index is 11.5. The Hall–Kier alpha value is -0.480. The summed E-state index contributed by atoms with van der Waals surface area (Å²) in [6.07, 6.45) is 1.75. The van der Waals surface area contributed by atoms with E-state index < -0.39 is 5.60 Å². The summed E-state index contributed by atoms with van der Waals surface area (Å²) in [6.45, 7) is 11.0. The summed E-state index contributed by atoms with van der Waals surface area (Å²) in [5.74, 6) is 0. The van der Waals surface area contributed by atoms with Gasteiger partial charge in [0.25, 0.3) is 0 Å². The molecular formula is C12H25ClN2O2. The zero-order valence-corrected chi connectivity index (χ0v) is 12.1. The molecule has 1 aliphatic rings. The normalized spacial score (nSPS) is 18.4. The molecule has 1 fully saturated rings. The first kappa shape index (κ1) is 16.5. The van der Waals surface area contributed by atoms with Crippen molar-refractivity contribution in [2.75, 3.05) is 19.6 Å². The van der Waals surface area contributed by atoms with Crippen molar-refractivity contribution in [2.24, 2.45) is 0 Å². The third-order valence-corrected chi connectivity index (χ3v) is 2.76. The molecule has 1 saturated heterocycles. The lowest BCUT2D eigenvalue weighted by Crippen LogP contribution is -2.45. The minimum absolute atomic E-state index is 0. The minimum atomic E-state index is -0.409. The number of ether oxygens (including phenoxy) is 1. The highest BCUT2D eigenvalue weighted by atomic mass is 35.5. The van der Waals surface area contributed by atoms with Crippen molar-refractivity contribution in [1.82, 2.24) is 10.2 Å². The molecule has 0 bridgehead atoms. The summed E-state index contributed by atoms with van der Waals surface area (Å²) in [5.41, 5.74) is -0.409. The number of hydrogen-bond acceptors (Lipinski definition) is 3. The summed E-state index contributed by atoms with van der Waals surface area (Å²) in [4.78, 5) is 13.9. The highest BCUT2D eigenvalue weighted by Gasteiger charge is 2.22. The molecule has 0 aromatic carbocycles. The molecule has 1 N–H and O–H groups in total. The van der Waals surface area contributed by atoms with Crippen LogP contribution < -0.4 is 5.32 Å². The van der Waals surface area contributed by atoms with Gasteiger partial charge in [0, 0.05) is 19.1 Å². The van der Waals surface area contributed by atoms with E-state index in [1.54, 1.807) is 0 Å². The van der Waals surface area contributed by atoms with Crippen LogP contribution in [0.15, 0.2) is 0 Å². The van der Waals surface area contributed by atoms with Gasteiger partial charge in [0.15, 0.2) is 0 Å². The molecule has 1 heterocycles. The molecule has 1 aliphatic heterocycles. The second kappa shape index (κ2) is 7.07. The number of piperidine rings is 1. The largest absolute Gasteiger partial charge is 0.444 e. The summed E-state index contributed by atoms with van der Waals surface area (Å²) in [7, 11) is 0. The fourth-order valence-corrected chi connectivity index (χ4v) is 1.87. The van der Waals surface area contributed by atoms with Crippen molar-refractivity contribution in [2.45, 2.75) is 52.2 Å². The second-order valence-corrected chi connectivity index (χ2v) is 5.35. The average molecular weight is 265 g/mol. The number of likely N-dealkylation sites (tertiary alicyclic amines) is 1. The number of hydrogen-bond donors (Lipinski definition) is 1. The zero-order chi connectivity index (χ0) is 12.2. The van der Waals surface area contributed by atoms with Gasteiger partial charge in [0.2, 0.25) is 0 Å². The fourth-order valence-electron chi connectivity index (χ4n) is 1.87. The van der Waals surface area contributed by atoms with E-state index in [1.807, 2.05) is 20.8 Å². The Morgan fingerprint density at radius 1 is 1.35 bits per heavy atom. The number of nitrogens with one attached hydrogen (secondary N) is 1. The summed E-state index contributed by atoms with van der Waals surface area (Å²) in [6, 6.07) is 0.276. The monoisotopic (exact) mass is 264 g/mol. The van der Waals surface area contributed by atoms with Gasteiger partial charge in [-0.15, -0.1) is 12.4 Å². The number of alkyl carbamates (subject to hydrolysis) is 1. The quantitative estimate of drug-likeness (QED) is 0.833. The van der Waals surface area contributed by atoms with E-state index in [0.29, 0.717) is 0 Å². The highest BCUT2D eigenvalue weighted by Crippen LogP contribution is 2.11. The molecular weight excluding hydrogens is 240 g/mol. The number of nitrogens with zero attached hydrogens (tertiary/aromatic N) is 1. The fraction of sp³-hybridized carbons (Fsp3) is 0.917. The van der Waals surface area contributed by atoms with E-state index in [9.17, 15) is 4.79 Å². The van der Waals surface area contributed by atoms with E-state index in [1.165, 1.54) is 0 Å². The standard InChI is InChI=1S/C12H24N2O2.ClH/c1-5-14-8-6-10(7-9-14)13-11(15)16-12(2,3)4;/h10H,5-9H2,1-4H3,(H,13,15);1H. The molecule has 5 heteroatoms. The summed E-state index contributed by atoms with van der Waals surface area (Å²) >= 11 is 0. The SMILES string of the molecule is CCN1CCC(NC(=O)OC(C)(C)C)CC1.Cl. The number of carbonyl (C=O) groups is 1. The van der Waals surface area contributed by atoms with Gasteiger partial charge in [-0.2, -0.15) is 0 Å². The lowest BCUT2D eigenvalue weighted by atomic mass is 10.1. The number of halogens is 1. The van der Waals surface area contributed by atoms with Crippen molar-refractivity contribution in [3.05, 3.63) is 0 Å². The maximum Gasteiger partial charge on any atom is 0.407 e. The molecule has 4 nitrogen and oxygen atoms in total. The number of carbonyl (C=O) groups excluding carboxylic acids is 1. The van der Waals surface area contributed by atoms with Gasteiger partial charge < -0.3 is 15.0 Å². The van der Waals surface area contributed by atoms with Gasteiger partial charge in [-0.05, 0) is 40.2 Å². The lowest BCUT2D eigenvalue weighted by Gasteiger charge is -2.32. The Morgan fingerprint density at radius 3 is 2.29 bits per heavy atom. The molecule has 0 radical (unpaired) electrons. The molecule has 0 aromatic heterocycles. The van der Waals surface area contributed by atoms with Crippen LogP contribution in [0.1, 0.15) is 40.5 Å². The maximum absolute atomic E-state index is 11.5. The van der Waals surface area contributed by atoms with Crippen molar-refractivity contribution < 1.29 is 9.53 Å². The van der Waals surface area contributed by atoms with Crippen LogP contribution in [0.4, 0.5) is 4.79 Å². The Morgan fingerprint density at radius 2 is 1.88 bits per heavy atom. The Balaban J connectivity index is 0.00000256. The van der Waals surface area contributed by atoms with Crippen LogP contribution in [0.2, 0.25) is 0 Å². The molecule has 0 aromatic rings. The highest BCUT2D eigenvalue weighted by molar-refractivity contribution is 5.85. The van der Waals surface area contributed by atoms with Crippen molar-refractivity contribution in [3.8, 4) is 0 Å². The van der Waals surface area contributed by atoms with Crippen molar-refractivity contribution in [3.63, 3.8) is 0 Å². The predicted octanol–water partition coefficient (Wildman–Crippen LogP) is 2.42. The van der Waals surface area contributed by atoms with Gasteiger partial charge >= 0.3 is 6.09 Å². The van der Waals surface area contributed by atoms with Crippen LogP contribution in [-0.4, -0.2) is 42.3 Å². The smallest absolute Gasteiger partial charge is 0.407 e. The third kappa shape index (κ3) is 6.74. The molecule has 1 rings (SSSR count). The van der Waals surface area contributed by atoms with Gasteiger partial charge in [-0.1, -0.05) is 6.92 Å². The van der Waals surface area contributed by atoms with Crippen LogP contribution in [0, 0.1) is 0 Å². The van der Waals surface area contributed by atoms with Crippen molar-refractivity contribution in [1.29, 1.82) is 0 Å². The van der Waals surface area contributed by atoms with Gasteiger partial charge in [-0.3, -0.25) is 0 Å². The first-order valence-corrected chi connectivity index (χ1v) is 6.12. The third-order valence-electron chi connectivity index (χ3n) is 2.76. The van der Waals surface area contributed by atoms with E-state index >= 15 is 0 Å². The average Bonchev–Trinajstić information content (AvgIpc) is 2.16. The van der Waals surface area contributed by atoms with E-state index in [2.05, 4.69) is 17.1 Å². The van der Waals surface area contributed by atoms with E-state index in [-0.39, 0.29) is 24.5 Å². The molecule has 102 valence electrons. The molecule has 17 heavy (non-hydrogen) atoms. The Labute approximate surface area is 110 Å². The summed E-state index contributed by atoms with van der Waals surface area (Å²) in [5, 5.41) is 2.93. The van der Waals surface area contributed by atoms with Gasteiger partial charge in [-0.25, -0.2) is 4.79 Å². The lowest BCUT2D eigenvalue weighted by molar-refractivity contribution is 0.0480. The van der Waals surface area contributed by atoms with Crippen LogP contribution in [0.3, 0.4) is 0 Å². The minimum Gasteiger partial charge on any atom is -0.444 e. The number of rotatable bonds is 2. The predicted molar refractivity (Wildman–Crippen MR) is 71.8 cm³/mol. The van der Waals surface area contributed by atoms with Crippen LogP contribution in [-0.2, 0) is 4.74 Å². The second-order valence-electron chi connectivity index (χ2n) is 5.35. The van der Waals surface area contributed by atoms with Crippen molar-refractivity contribution >= 4 is 18.5 Å². The van der Waals surface area contributed by atoms with Crippen LogP contribution in [0.25, 0.3) is 0 Å². The van der Waals surface area contributed by atoms with E-state index in [0.717, 1.165) is 32.5 Å². The zero-order valence-electron chi connectivity index (χ0n) is 11.3. The van der Waals surface area contributed by atoms with Gasteiger partial charge in [0.1, 0.15) is 5.60 Å². The number of amides is 1. The molecule has 0 unspecified atom stereocenters. The summed E-state index contributed by atoms with van der Waals surface area (Å²) < 4.78 is 5.23. The topological polar surface area (TPSA) is 41.6 Å². The molecule has 0 spiro atoms. The first-order valence-electron chi connectivity index (χ1n) is 6.12.